The molecular weight excluding hydrogens is 512 g/mol. The van der Waals surface area contributed by atoms with Crippen molar-refractivity contribution in [2.45, 2.75) is 21.4 Å². The molecule has 29 heavy (non-hydrogen) atoms. The maximum Gasteiger partial charge on any atom is 0.250 e. The summed E-state index contributed by atoms with van der Waals surface area (Å²) in [5, 5.41) is 13.2. The number of hydrogen-bond acceptors (Lipinski definition) is 7. The number of thioether (sulfide) groups is 2. The highest BCUT2D eigenvalue weighted by atomic mass is 79.9. The van der Waals surface area contributed by atoms with Gasteiger partial charge in [-0.15, -0.1) is 10.2 Å². The van der Waals surface area contributed by atoms with Gasteiger partial charge in [-0.05, 0) is 36.2 Å². The Hall–Kier alpha value is -1.39. The van der Waals surface area contributed by atoms with E-state index in [2.05, 4.69) is 36.7 Å². The van der Waals surface area contributed by atoms with E-state index in [0.717, 1.165) is 40.8 Å². The summed E-state index contributed by atoms with van der Waals surface area (Å²) in [6, 6.07) is 15.5. The Morgan fingerprint density at radius 1 is 1.17 bits per heavy atom. The number of carbonyl (C=O) groups is 1. The maximum absolute atomic E-state index is 12.1. The number of benzene rings is 2. The first kappa shape index (κ1) is 22.3. The summed E-state index contributed by atoms with van der Waals surface area (Å²) < 4.78 is 2.55. The third kappa shape index (κ3) is 7.11. The van der Waals surface area contributed by atoms with E-state index in [4.69, 9.17) is 11.6 Å². The molecule has 0 atom stereocenters. The average molecular weight is 528 g/mol. The number of hydrogen-bond donors (Lipinski definition) is 1. The van der Waals surface area contributed by atoms with Crippen molar-refractivity contribution in [1.82, 2.24) is 15.6 Å². The van der Waals surface area contributed by atoms with Crippen molar-refractivity contribution in [3.05, 3.63) is 69.2 Å². The van der Waals surface area contributed by atoms with Crippen molar-refractivity contribution in [3.8, 4) is 0 Å². The summed E-state index contributed by atoms with van der Waals surface area (Å²) in [7, 11) is 0. The average Bonchev–Trinajstić information content (AvgIpc) is 3.18. The van der Waals surface area contributed by atoms with Crippen LogP contribution in [0.3, 0.4) is 0 Å². The lowest BCUT2D eigenvalue weighted by molar-refractivity contribution is -0.118. The van der Waals surface area contributed by atoms with Crippen LogP contribution in [0.15, 0.2) is 66.8 Å². The summed E-state index contributed by atoms with van der Waals surface area (Å²) in [5.74, 6) is 0.757. The molecule has 1 amide bonds. The lowest BCUT2D eigenvalue weighted by Gasteiger charge is -2.03. The van der Waals surface area contributed by atoms with Crippen molar-refractivity contribution in [3.63, 3.8) is 0 Å². The molecule has 3 aromatic rings. The number of amides is 1. The van der Waals surface area contributed by atoms with Crippen LogP contribution in [0.5, 0.6) is 0 Å². The van der Waals surface area contributed by atoms with Crippen LogP contribution in [-0.4, -0.2) is 27.6 Å². The molecule has 0 saturated heterocycles. The van der Waals surface area contributed by atoms with E-state index in [0.29, 0.717) is 0 Å². The van der Waals surface area contributed by atoms with Crippen LogP contribution in [0, 0.1) is 0 Å². The quantitative estimate of drug-likeness (QED) is 0.225. The first-order valence-electron chi connectivity index (χ1n) is 8.43. The summed E-state index contributed by atoms with van der Waals surface area (Å²) in [5.41, 5.74) is 5.31. The molecule has 150 valence electrons. The zero-order chi connectivity index (χ0) is 20.6. The minimum atomic E-state index is -0.190. The van der Waals surface area contributed by atoms with Crippen LogP contribution in [0.2, 0.25) is 5.02 Å². The van der Waals surface area contributed by atoms with E-state index in [1.54, 1.807) is 11.8 Å². The molecule has 0 saturated carbocycles. The van der Waals surface area contributed by atoms with Gasteiger partial charge in [-0.2, -0.15) is 5.10 Å². The predicted molar refractivity (Wildman–Crippen MR) is 126 cm³/mol. The Morgan fingerprint density at radius 2 is 1.93 bits per heavy atom. The third-order valence-corrected chi connectivity index (χ3v) is 7.72. The van der Waals surface area contributed by atoms with Gasteiger partial charge in [0.15, 0.2) is 8.68 Å². The number of nitrogens with one attached hydrogen (secondary N) is 1. The third-order valence-electron chi connectivity index (χ3n) is 3.61. The molecule has 1 aromatic heterocycles. The minimum absolute atomic E-state index is 0.190. The smallest absolute Gasteiger partial charge is 0.250 e. The van der Waals surface area contributed by atoms with Gasteiger partial charge in [0.25, 0.3) is 5.91 Å². The second-order valence-electron chi connectivity index (χ2n) is 5.75. The van der Waals surface area contributed by atoms with Gasteiger partial charge in [0, 0.05) is 15.2 Å². The fraction of sp³-hybridized carbons (Fsp3) is 0.158. The molecule has 1 heterocycles. The number of carbonyl (C=O) groups excluding carboxylic acids is 1. The van der Waals surface area contributed by atoms with E-state index >= 15 is 0 Å². The lowest BCUT2D eigenvalue weighted by Crippen LogP contribution is -2.21. The van der Waals surface area contributed by atoms with Crippen molar-refractivity contribution in [1.29, 1.82) is 0 Å². The van der Waals surface area contributed by atoms with Gasteiger partial charge < -0.3 is 0 Å². The van der Waals surface area contributed by atoms with Crippen LogP contribution in [0.4, 0.5) is 0 Å². The summed E-state index contributed by atoms with van der Waals surface area (Å²) in [4.78, 5) is 12.1. The number of halogens is 2. The Morgan fingerprint density at radius 3 is 2.69 bits per heavy atom. The highest BCUT2D eigenvalue weighted by Crippen LogP contribution is 2.32. The molecule has 5 nitrogen and oxygen atoms in total. The standard InChI is InChI=1S/C19H16BrClN4OS3/c1-12(13-6-4-7-15(20)9-13)22-23-17(26)11-28-19-25-24-18(29-19)27-10-14-5-2-3-8-16(14)21/h2-9H,10-11H2,1H3,(H,23,26)/b22-12+. The van der Waals surface area contributed by atoms with Crippen molar-refractivity contribution in [2.75, 3.05) is 5.75 Å². The van der Waals surface area contributed by atoms with Crippen LogP contribution >= 0.6 is 62.4 Å². The highest BCUT2D eigenvalue weighted by molar-refractivity contribution is 9.10. The Balaban J connectivity index is 1.46. The van der Waals surface area contributed by atoms with Crippen molar-refractivity contribution < 1.29 is 4.79 Å². The Kier molecular flexibility index (Phi) is 8.55. The number of rotatable bonds is 8. The van der Waals surface area contributed by atoms with Gasteiger partial charge in [-0.25, -0.2) is 5.43 Å². The van der Waals surface area contributed by atoms with E-state index in [9.17, 15) is 4.79 Å². The molecule has 0 aliphatic heterocycles. The fourth-order valence-electron chi connectivity index (χ4n) is 2.15. The van der Waals surface area contributed by atoms with Crippen LogP contribution in [0.25, 0.3) is 0 Å². The molecular formula is C19H16BrClN4OS3. The van der Waals surface area contributed by atoms with E-state index < -0.39 is 0 Å². The lowest BCUT2D eigenvalue weighted by atomic mass is 10.1. The molecule has 0 unspecified atom stereocenters. The summed E-state index contributed by atoms with van der Waals surface area (Å²) >= 11 is 14.0. The molecule has 0 bridgehead atoms. The van der Waals surface area contributed by atoms with Gasteiger partial charge in [-0.1, -0.05) is 92.7 Å². The molecule has 0 spiro atoms. The number of nitrogens with zero attached hydrogens (tertiary/aromatic N) is 3. The van der Waals surface area contributed by atoms with Gasteiger partial charge in [0.2, 0.25) is 0 Å². The largest absolute Gasteiger partial charge is 0.272 e. The Labute approximate surface area is 194 Å². The zero-order valence-corrected chi connectivity index (χ0v) is 20.1. The van der Waals surface area contributed by atoms with Crippen LogP contribution in [0.1, 0.15) is 18.1 Å². The predicted octanol–water partition coefficient (Wildman–Crippen LogP) is 5.88. The molecule has 0 aliphatic rings. The summed E-state index contributed by atoms with van der Waals surface area (Å²) in [6.45, 7) is 1.85. The summed E-state index contributed by atoms with van der Waals surface area (Å²) in [6.07, 6.45) is 0. The SMILES string of the molecule is C/C(=N\NC(=O)CSc1nnc(SCc2ccccc2Cl)s1)c1cccc(Br)c1. The Bertz CT molecular complexity index is 1030. The maximum atomic E-state index is 12.1. The van der Waals surface area contributed by atoms with Crippen molar-refractivity contribution in [2.24, 2.45) is 5.10 Å². The molecule has 10 heteroatoms. The molecule has 3 rings (SSSR count). The van der Waals surface area contributed by atoms with Crippen LogP contribution < -0.4 is 5.43 Å². The zero-order valence-electron chi connectivity index (χ0n) is 15.3. The molecule has 0 aliphatic carbocycles. The topological polar surface area (TPSA) is 67.2 Å². The van der Waals surface area contributed by atoms with Gasteiger partial charge in [0.05, 0.1) is 11.5 Å². The normalized spacial score (nSPS) is 11.5. The number of aromatic nitrogens is 2. The highest BCUT2D eigenvalue weighted by Gasteiger charge is 2.10. The molecule has 1 N–H and O–H groups in total. The second kappa shape index (κ2) is 11.1. The molecule has 0 fully saturated rings. The monoisotopic (exact) mass is 526 g/mol. The number of hydrazone groups is 1. The van der Waals surface area contributed by atoms with Gasteiger partial charge >= 0.3 is 0 Å². The van der Waals surface area contributed by atoms with Crippen LogP contribution in [-0.2, 0) is 10.5 Å². The first-order valence-corrected chi connectivity index (χ1v) is 12.4. The fourth-order valence-corrected chi connectivity index (χ4v) is 5.65. The minimum Gasteiger partial charge on any atom is -0.272 e. The van der Waals surface area contributed by atoms with E-state index in [1.165, 1.54) is 23.1 Å². The first-order chi connectivity index (χ1) is 14.0. The van der Waals surface area contributed by atoms with Gasteiger partial charge in [0.1, 0.15) is 0 Å². The van der Waals surface area contributed by atoms with E-state index in [-0.39, 0.29) is 11.7 Å². The molecule has 0 radical (unpaired) electrons. The second-order valence-corrected chi connectivity index (χ2v) is 10.5. The van der Waals surface area contributed by atoms with Gasteiger partial charge in [-0.3, -0.25) is 4.79 Å². The van der Waals surface area contributed by atoms with Crippen molar-refractivity contribution >= 4 is 74.0 Å². The van der Waals surface area contributed by atoms with E-state index in [1.807, 2.05) is 55.5 Å². The molecule has 2 aromatic carbocycles.